The van der Waals surface area contributed by atoms with Crippen molar-refractivity contribution in [2.75, 3.05) is 11.9 Å². The van der Waals surface area contributed by atoms with Crippen molar-refractivity contribution in [3.63, 3.8) is 0 Å². The van der Waals surface area contributed by atoms with Gasteiger partial charge in [-0.1, -0.05) is 0 Å². The van der Waals surface area contributed by atoms with Gasteiger partial charge in [-0.3, -0.25) is 4.79 Å². The van der Waals surface area contributed by atoms with Crippen molar-refractivity contribution >= 4 is 22.4 Å². The van der Waals surface area contributed by atoms with E-state index in [1.807, 2.05) is 0 Å². The van der Waals surface area contributed by atoms with E-state index in [2.05, 4.69) is 22.5 Å². The van der Waals surface area contributed by atoms with Gasteiger partial charge in [-0.25, -0.2) is 4.98 Å². The Morgan fingerprint density at radius 2 is 2.28 bits per heavy atom. The molecule has 2 unspecified atom stereocenters. The maximum absolute atomic E-state index is 12.2. The predicted octanol–water partition coefficient (Wildman–Crippen LogP) is 1.96. The quantitative estimate of drug-likeness (QED) is 0.859. The highest BCUT2D eigenvalue weighted by Gasteiger charge is 2.30. The predicted molar refractivity (Wildman–Crippen MR) is 73.0 cm³/mol. The summed E-state index contributed by atoms with van der Waals surface area (Å²) >= 11 is 1.66. The van der Waals surface area contributed by atoms with Crippen LogP contribution in [0.15, 0.2) is 0 Å². The van der Waals surface area contributed by atoms with Crippen molar-refractivity contribution in [3.05, 3.63) is 10.6 Å². The molecule has 0 saturated carbocycles. The Morgan fingerprint density at radius 1 is 1.44 bits per heavy atom. The lowest BCUT2D eigenvalue weighted by Crippen LogP contribution is -2.32. The normalized spacial score (nSPS) is 26.9. The summed E-state index contributed by atoms with van der Waals surface area (Å²) in [5, 5.41) is 7.10. The zero-order valence-corrected chi connectivity index (χ0v) is 11.5. The molecule has 2 aliphatic rings. The van der Waals surface area contributed by atoms with E-state index in [-0.39, 0.29) is 17.9 Å². The zero-order valence-electron chi connectivity index (χ0n) is 10.7. The van der Waals surface area contributed by atoms with Crippen molar-refractivity contribution in [2.45, 2.75) is 45.1 Å². The number of fused-ring (bicyclic) bond motifs is 1. The lowest BCUT2D eigenvalue weighted by atomic mass is 10.0. The molecule has 0 spiro atoms. The molecule has 2 heterocycles. The molecule has 3 rings (SSSR count). The maximum atomic E-state index is 12.2. The van der Waals surface area contributed by atoms with Gasteiger partial charge >= 0.3 is 0 Å². The summed E-state index contributed by atoms with van der Waals surface area (Å²) in [7, 11) is 0. The molecule has 2 atom stereocenters. The summed E-state index contributed by atoms with van der Waals surface area (Å²) < 4.78 is 0. The lowest BCUT2D eigenvalue weighted by molar-refractivity contribution is -0.119. The van der Waals surface area contributed by atoms with Crippen LogP contribution < -0.4 is 10.6 Å². The molecule has 2 N–H and O–H groups in total. The summed E-state index contributed by atoms with van der Waals surface area (Å²) in [6.07, 6.45) is 5.62. The molecular weight excluding hydrogens is 246 g/mol. The SMILES string of the molecule is CC1NCCC1C(=O)Nc1nc2c(s1)CCCC2. The van der Waals surface area contributed by atoms with Gasteiger partial charge in [-0.05, 0) is 45.6 Å². The fraction of sp³-hybridized carbons (Fsp3) is 0.692. The van der Waals surface area contributed by atoms with Crippen LogP contribution in [0.3, 0.4) is 0 Å². The summed E-state index contributed by atoms with van der Waals surface area (Å²) in [6.45, 7) is 3.01. The van der Waals surface area contributed by atoms with E-state index in [1.165, 1.54) is 23.4 Å². The molecule has 1 aliphatic heterocycles. The monoisotopic (exact) mass is 265 g/mol. The number of hydrogen-bond donors (Lipinski definition) is 2. The van der Waals surface area contributed by atoms with Crippen LogP contribution in [0.25, 0.3) is 0 Å². The first kappa shape index (κ1) is 12.1. The summed E-state index contributed by atoms with van der Waals surface area (Å²) in [5.74, 6) is 0.213. The average Bonchev–Trinajstić information content (AvgIpc) is 2.94. The molecule has 0 radical (unpaired) electrons. The second-order valence-electron chi connectivity index (χ2n) is 5.22. The Balaban J connectivity index is 1.68. The van der Waals surface area contributed by atoms with Gasteiger partial charge in [-0.15, -0.1) is 11.3 Å². The smallest absolute Gasteiger partial charge is 0.230 e. The number of nitrogens with one attached hydrogen (secondary N) is 2. The Labute approximate surface area is 111 Å². The number of amides is 1. The zero-order chi connectivity index (χ0) is 12.5. The second-order valence-corrected chi connectivity index (χ2v) is 6.31. The molecule has 0 bridgehead atoms. The highest BCUT2D eigenvalue weighted by Crippen LogP contribution is 2.30. The first-order valence-corrected chi connectivity index (χ1v) is 7.58. The molecule has 1 amide bonds. The number of anilines is 1. The molecule has 1 aromatic rings. The van der Waals surface area contributed by atoms with Crippen LogP contribution in [0.4, 0.5) is 5.13 Å². The van der Waals surface area contributed by atoms with Crippen LogP contribution in [0.5, 0.6) is 0 Å². The first-order chi connectivity index (χ1) is 8.74. The second kappa shape index (κ2) is 4.97. The lowest BCUT2D eigenvalue weighted by Gasteiger charge is -2.13. The van der Waals surface area contributed by atoms with E-state index in [0.717, 1.165) is 30.9 Å². The summed E-state index contributed by atoms with van der Waals surface area (Å²) in [4.78, 5) is 18.1. The minimum atomic E-state index is 0.0888. The molecule has 98 valence electrons. The molecule has 1 aromatic heterocycles. The van der Waals surface area contributed by atoms with Gasteiger partial charge in [0.25, 0.3) is 0 Å². The van der Waals surface area contributed by atoms with Gasteiger partial charge in [0, 0.05) is 10.9 Å². The average molecular weight is 265 g/mol. The Bertz CT molecular complexity index is 434. The van der Waals surface area contributed by atoms with Gasteiger partial charge in [0.05, 0.1) is 11.6 Å². The minimum absolute atomic E-state index is 0.0888. The third-order valence-corrected chi connectivity index (χ3v) is 5.01. The molecule has 5 heteroatoms. The maximum Gasteiger partial charge on any atom is 0.230 e. The van der Waals surface area contributed by atoms with Crippen LogP contribution in [0.1, 0.15) is 36.8 Å². The molecule has 0 aromatic carbocycles. The number of thiazole rings is 1. The molecule has 4 nitrogen and oxygen atoms in total. The molecule has 1 aliphatic carbocycles. The Hall–Kier alpha value is -0.940. The van der Waals surface area contributed by atoms with E-state index in [9.17, 15) is 4.79 Å². The number of rotatable bonds is 2. The van der Waals surface area contributed by atoms with Crippen molar-refractivity contribution in [3.8, 4) is 0 Å². The van der Waals surface area contributed by atoms with E-state index in [4.69, 9.17) is 0 Å². The summed E-state index contributed by atoms with van der Waals surface area (Å²) in [6, 6.07) is 0.277. The molecule has 1 fully saturated rings. The Morgan fingerprint density at radius 3 is 3.00 bits per heavy atom. The fourth-order valence-corrected chi connectivity index (χ4v) is 3.87. The third kappa shape index (κ3) is 2.29. The first-order valence-electron chi connectivity index (χ1n) is 6.77. The van der Waals surface area contributed by atoms with E-state index >= 15 is 0 Å². The fourth-order valence-electron chi connectivity index (χ4n) is 2.82. The van der Waals surface area contributed by atoms with Crippen molar-refractivity contribution in [1.82, 2.24) is 10.3 Å². The number of carbonyl (C=O) groups excluding carboxylic acids is 1. The van der Waals surface area contributed by atoms with Crippen LogP contribution in [0.2, 0.25) is 0 Å². The Kier molecular flexibility index (Phi) is 3.35. The number of aromatic nitrogens is 1. The van der Waals surface area contributed by atoms with Crippen molar-refractivity contribution < 1.29 is 4.79 Å². The van der Waals surface area contributed by atoms with Gasteiger partial charge < -0.3 is 10.6 Å². The van der Waals surface area contributed by atoms with E-state index < -0.39 is 0 Å². The molecule has 1 saturated heterocycles. The van der Waals surface area contributed by atoms with Crippen molar-refractivity contribution in [2.24, 2.45) is 5.92 Å². The molecular formula is C13H19N3OS. The van der Waals surface area contributed by atoms with Gasteiger partial charge in [0.1, 0.15) is 0 Å². The van der Waals surface area contributed by atoms with Crippen LogP contribution >= 0.6 is 11.3 Å². The summed E-state index contributed by atoms with van der Waals surface area (Å²) in [5.41, 5.74) is 1.21. The number of hydrogen-bond acceptors (Lipinski definition) is 4. The highest BCUT2D eigenvalue weighted by atomic mass is 32.1. The van der Waals surface area contributed by atoms with Crippen LogP contribution in [0, 0.1) is 5.92 Å². The van der Waals surface area contributed by atoms with E-state index in [0.29, 0.717) is 0 Å². The topological polar surface area (TPSA) is 54.0 Å². The van der Waals surface area contributed by atoms with Gasteiger partial charge in [0.2, 0.25) is 5.91 Å². The standard InChI is InChI=1S/C13H19N3OS/c1-8-9(6-7-14-8)12(17)16-13-15-10-4-2-3-5-11(10)18-13/h8-9,14H,2-7H2,1H3,(H,15,16,17). The van der Waals surface area contributed by atoms with Crippen LogP contribution in [-0.4, -0.2) is 23.5 Å². The number of aryl methyl sites for hydroxylation is 2. The van der Waals surface area contributed by atoms with Crippen LogP contribution in [-0.2, 0) is 17.6 Å². The largest absolute Gasteiger partial charge is 0.313 e. The van der Waals surface area contributed by atoms with Gasteiger partial charge in [0.15, 0.2) is 5.13 Å². The van der Waals surface area contributed by atoms with Gasteiger partial charge in [-0.2, -0.15) is 0 Å². The highest BCUT2D eigenvalue weighted by molar-refractivity contribution is 7.15. The third-order valence-electron chi connectivity index (χ3n) is 3.94. The number of nitrogens with zero attached hydrogens (tertiary/aromatic N) is 1. The minimum Gasteiger partial charge on any atom is -0.313 e. The number of carbonyl (C=O) groups is 1. The molecule has 18 heavy (non-hydrogen) atoms. The van der Waals surface area contributed by atoms with E-state index in [1.54, 1.807) is 11.3 Å². The van der Waals surface area contributed by atoms with Crippen molar-refractivity contribution in [1.29, 1.82) is 0 Å².